The molecule has 34 heavy (non-hydrogen) atoms. The lowest BCUT2D eigenvalue weighted by molar-refractivity contribution is 0.0752. The fraction of sp³-hybridized carbons (Fsp3) is 0.542. The highest BCUT2D eigenvalue weighted by atomic mass is 32.2. The number of rotatable bonds is 6. The van der Waals surface area contributed by atoms with E-state index in [2.05, 4.69) is 29.4 Å². The van der Waals surface area contributed by atoms with Gasteiger partial charge in [-0.15, -0.1) is 0 Å². The van der Waals surface area contributed by atoms with Crippen LogP contribution in [-0.4, -0.2) is 62.0 Å². The number of carbonyl (C=O) groups excluding carboxylic acids is 1. The van der Waals surface area contributed by atoms with Gasteiger partial charge in [0.1, 0.15) is 10.6 Å². The van der Waals surface area contributed by atoms with E-state index in [1.807, 2.05) is 18.2 Å². The topological polar surface area (TPSA) is 114 Å². The molecule has 0 radical (unpaired) electrons. The van der Waals surface area contributed by atoms with Gasteiger partial charge in [0.05, 0.1) is 36.2 Å². The van der Waals surface area contributed by atoms with E-state index in [-0.39, 0.29) is 23.4 Å². The Balaban J connectivity index is 1.58. The van der Waals surface area contributed by atoms with Gasteiger partial charge in [0.2, 0.25) is 0 Å². The Hall–Kier alpha value is -2.72. The Morgan fingerprint density at radius 1 is 1.09 bits per heavy atom. The number of anilines is 2. The molecular formula is C24H31N5O4S. The maximum atomic E-state index is 13.4. The molecule has 3 aliphatic rings. The zero-order chi connectivity index (χ0) is 24.1. The van der Waals surface area contributed by atoms with Crippen molar-refractivity contribution in [3.8, 4) is 11.4 Å². The van der Waals surface area contributed by atoms with Crippen molar-refractivity contribution < 1.29 is 17.9 Å². The number of urea groups is 1. The minimum Gasteiger partial charge on any atom is -0.377 e. The van der Waals surface area contributed by atoms with Crippen LogP contribution >= 0.6 is 0 Å². The summed E-state index contributed by atoms with van der Waals surface area (Å²) in [6, 6.07) is 9.05. The number of nitrogens with one attached hydrogen (secondary N) is 2. The molecule has 5 rings (SSSR count). The van der Waals surface area contributed by atoms with Crippen LogP contribution in [0.15, 0.2) is 30.3 Å². The van der Waals surface area contributed by atoms with Gasteiger partial charge in [-0.3, -0.25) is 0 Å². The molecule has 1 aromatic heterocycles. The summed E-state index contributed by atoms with van der Waals surface area (Å²) < 4.78 is 31.5. The fourth-order valence-corrected chi connectivity index (χ4v) is 7.24. The lowest BCUT2D eigenvalue weighted by atomic mass is 10.1. The molecule has 2 aliphatic carbocycles. The molecule has 2 amide bonds. The molecule has 2 atom stereocenters. The Labute approximate surface area is 200 Å². The summed E-state index contributed by atoms with van der Waals surface area (Å²) in [6.45, 7) is 5.35. The van der Waals surface area contributed by atoms with Crippen LogP contribution in [0, 0.1) is 0 Å². The third-order valence-corrected chi connectivity index (χ3v) is 10.0. The summed E-state index contributed by atoms with van der Waals surface area (Å²) in [5.41, 5.74) is 2.00. The number of carbonyl (C=O) groups is 1. The van der Waals surface area contributed by atoms with Crippen LogP contribution in [0.25, 0.3) is 11.4 Å². The van der Waals surface area contributed by atoms with E-state index in [9.17, 15) is 13.2 Å². The molecule has 2 saturated carbocycles. The van der Waals surface area contributed by atoms with Crippen molar-refractivity contribution in [2.24, 2.45) is 0 Å². The van der Waals surface area contributed by atoms with Gasteiger partial charge in [0.15, 0.2) is 15.7 Å². The number of morpholine rings is 1. The van der Waals surface area contributed by atoms with Gasteiger partial charge >= 0.3 is 6.03 Å². The van der Waals surface area contributed by atoms with Crippen molar-refractivity contribution >= 4 is 27.4 Å². The number of sulfone groups is 1. The first-order valence-electron chi connectivity index (χ1n) is 11.8. The second kappa shape index (κ2) is 8.49. The van der Waals surface area contributed by atoms with Gasteiger partial charge in [0, 0.05) is 24.4 Å². The highest BCUT2D eigenvalue weighted by Gasteiger charge is 2.61. The predicted molar refractivity (Wildman–Crippen MR) is 131 cm³/mol. The molecule has 1 aromatic carbocycles. The summed E-state index contributed by atoms with van der Waals surface area (Å²) in [4.78, 5) is 23.5. The molecule has 3 fully saturated rings. The average molecular weight is 486 g/mol. The molecule has 2 heterocycles. The largest absolute Gasteiger partial charge is 0.377 e. The molecule has 1 aliphatic heterocycles. The first kappa shape index (κ1) is 23.0. The van der Waals surface area contributed by atoms with Crippen molar-refractivity contribution in [3.63, 3.8) is 0 Å². The van der Waals surface area contributed by atoms with Crippen molar-refractivity contribution in [2.45, 2.75) is 61.6 Å². The van der Waals surface area contributed by atoms with Crippen LogP contribution in [0.3, 0.4) is 0 Å². The van der Waals surface area contributed by atoms with Crippen molar-refractivity contribution in [2.75, 3.05) is 30.5 Å². The number of nitrogens with zero attached hydrogens (tertiary/aromatic N) is 3. The standard InChI is InChI=1S/C24H31N5O4S/c1-15-13-33-14-16(2)29(15)21-12-20(24(10-11-24)34(31,32)19-8-9-19)27-22(28-21)17-4-6-18(7-5-17)26-23(30)25-3/h4-7,12,15-16,19H,8-11,13-14H2,1-3H3,(H2,25,26,30). The van der Waals surface area contributed by atoms with Crippen molar-refractivity contribution in [1.82, 2.24) is 15.3 Å². The van der Waals surface area contributed by atoms with E-state index in [1.165, 1.54) is 0 Å². The molecule has 2 N–H and O–H groups in total. The van der Waals surface area contributed by atoms with E-state index < -0.39 is 14.6 Å². The van der Waals surface area contributed by atoms with Gasteiger partial charge in [-0.05, 0) is 63.8 Å². The number of hydrogen-bond acceptors (Lipinski definition) is 7. The van der Waals surface area contributed by atoms with Crippen LogP contribution in [0.2, 0.25) is 0 Å². The quantitative estimate of drug-likeness (QED) is 0.646. The molecule has 0 bridgehead atoms. The van der Waals surface area contributed by atoms with Gasteiger partial charge < -0.3 is 20.3 Å². The second-order valence-corrected chi connectivity index (χ2v) is 12.1. The molecule has 1 saturated heterocycles. The van der Waals surface area contributed by atoms with E-state index in [1.54, 1.807) is 19.2 Å². The highest BCUT2D eigenvalue weighted by molar-refractivity contribution is 7.93. The fourth-order valence-electron chi connectivity index (χ4n) is 4.78. The van der Waals surface area contributed by atoms with E-state index in [0.717, 1.165) is 24.2 Å². The minimum atomic E-state index is -3.29. The predicted octanol–water partition coefficient (Wildman–Crippen LogP) is 3.07. The van der Waals surface area contributed by atoms with Gasteiger partial charge in [-0.25, -0.2) is 23.2 Å². The number of benzene rings is 1. The molecular weight excluding hydrogens is 454 g/mol. The third kappa shape index (κ3) is 4.02. The minimum absolute atomic E-state index is 0.105. The second-order valence-electron chi connectivity index (χ2n) is 9.60. The molecule has 0 spiro atoms. The SMILES string of the molecule is CNC(=O)Nc1ccc(-c2nc(N3C(C)COCC3C)cc(C3(S(=O)(=O)C4CC4)CC3)n2)cc1. The molecule has 10 heteroatoms. The molecule has 182 valence electrons. The zero-order valence-electron chi connectivity index (χ0n) is 19.7. The number of aromatic nitrogens is 2. The van der Waals surface area contributed by atoms with Crippen molar-refractivity contribution in [1.29, 1.82) is 0 Å². The van der Waals surface area contributed by atoms with Crippen LogP contribution in [0.1, 0.15) is 45.2 Å². The van der Waals surface area contributed by atoms with Crippen LogP contribution in [0.4, 0.5) is 16.3 Å². The highest BCUT2D eigenvalue weighted by Crippen LogP contribution is 2.57. The Morgan fingerprint density at radius 2 is 1.74 bits per heavy atom. The maximum Gasteiger partial charge on any atom is 0.318 e. The third-order valence-electron chi connectivity index (χ3n) is 6.95. The van der Waals surface area contributed by atoms with Crippen LogP contribution < -0.4 is 15.5 Å². The van der Waals surface area contributed by atoms with E-state index in [0.29, 0.717) is 43.3 Å². The Morgan fingerprint density at radius 3 is 2.29 bits per heavy atom. The smallest absolute Gasteiger partial charge is 0.318 e. The molecule has 9 nitrogen and oxygen atoms in total. The Kier molecular flexibility index (Phi) is 5.76. The van der Waals surface area contributed by atoms with Crippen LogP contribution in [-0.2, 0) is 19.3 Å². The summed E-state index contributed by atoms with van der Waals surface area (Å²) in [6.07, 6.45) is 2.69. The van der Waals surface area contributed by atoms with Crippen LogP contribution in [0.5, 0.6) is 0 Å². The first-order chi connectivity index (χ1) is 16.2. The average Bonchev–Trinajstić information content (AvgIpc) is 3.71. The van der Waals surface area contributed by atoms with Crippen molar-refractivity contribution in [3.05, 3.63) is 36.0 Å². The van der Waals surface area contributed by atoms with Gasteiger partial charge in [-0.1, -0.05) is 0 Å². The summed E-state index contributed by atoms with van der Waals surface area (Å²) in [5.74, 6) is 1.22. The summed E-state index contributed by atoms with van der Waals surface area (Å²) in [7, 11) is -1.73. The zero-order valence-corrected chi connectivity index (χ0v) is 20.6. The maximum absolute atomic E-state index is 13.4. The number of ether oxygens (including phenoxy) is 1. The normalized spacial score (nSPS) is 23.9. The number of hydrogen-bond donors (Lipinski definition) is 2. The lowest BCUT2D eigenvalue weighted by Crippen LogP contribution is -2.50. The van der Waals surface area contributed by atoms with E-state index in [4.69, 9.17) is 14.7 Å². The number of amides is 2. The first-order valence-corrected chi connectivity index (χ1v) is 13.4. The van der Waals surface area contributed by atoms with Gasteiger partial charge in [0.25, 0.3) is 0 Å². The monoisotopic (exact) mass is 485 g/mol. The summed E-state index contributed by atoms with van der Waals surface area (Å²) >= 11 is 0. The molecule has 2 aromatic rings. The lowest BCUT2D eigenvalue weighted by Gasteiger charge is -2.40. The van der Waals surface area contributed by atoms with E-state index >= 15 is 0 Å². The molecule has 2 unspecified atom stereocenters. The Bertz CT molecular complexity index is 1180. The summed E-state index contributed by atoms with van der Waals surface area (Å²) in [5, 5.41) is 5.02. The van der Waals surface area contributed by atoms with Gasteiger partial charge in [-0.2, -0.15) is 0 Å².